The standard InChI is InChI=1S/C16H16N2/c1-18-12-15(13-8-4-2-5-9-13)17-16(18)14-10-6-3-7-11-14/h2-11,15H,12H2,1H3/t15-/m1/s1. The highest BCUT2D eigenvalue weighted by molar-refractivity contribution is 5.99. The zero-order valence-corrected chi connectivity index (χ0v) is 10.5. The Labute approximate surface area is 108 Å². The van der Waals surface area contributed by atoms with Gasteiger partial charge in [-0.3, -0.25) is 4.99 Å². The molecule has 0 aromatic heterocycles. The van der Waals surface area contributed by atoms with E-state index in [2.05, 4.69) is 60.5 Å². The van der Waals surface area contributed by atoms with Gasteiger partial charge in [0.05, 0.1) is 6.04 Å². The molecule has 0 bridgehead atoms. The van der Waals surface area contributed by atoms with Crippen LogP contribution in [0.2, 0.25) is 0 Å². The third kappa shape index (κ3) is 2.02. The van der Waals surface area contributed by atoms with Crippen molar-refractivity contribution in [3.8, 4) is 0 Å². The van der Waals surface area contributed by atoms with Gasteiger partial charge in [0, 0.05) is 19.2 Å². The lowest BCUT2D eigenvalue weighted by atomic mass is 10.1. The van der Waals surface area contributed by atoms with E-state index in [-0.39, 0.29) is 6.04 Å². The molecule has 2 heteroatoms. The summed E-state index contributed by atoms with van der Waals surface area (Å²) in [5, 5.41) is 0. The first kappa shape index (κ1) is 11.0. The van der Waals surface area contributed by atoms with Crippen LogP contribution < -0.4 is 0 Å². The van der Waals surface area contributed by atoms with Crippen LogP contribution >= 0.6 is 0 Å². The van der Waals surface area contributed by atoms with Gasteiger partial charge >= 0.3 is 0 Å². The van der Waals surface area contributed by atoms with Gasteiger partial charge in [-0.25, -0.2) is 0 Å². The molecule has 2 aromatic carbocycles. The van der Waals surface area contributed by atoms with Crippen molar-refractivity contribution in [2.24, 2.45) is 4.99 Å². The summed E-state index contributed by atoms with van der Waals surface area (Å²) in [6.07, 6.45) is 0. The third-order valence-corrected chi connectivity index (χ3v) is 3.30. The van der Waals surface area contributed by atoms with Crippen LogP contribution in [0, 0.1) is 0 Å². The van der Waals surface area contributed by atoms with Gasteiger partial charge in [0.2, 0.25) is 0 Å². The Balaban J connectivity index is 1.93. The van der Waals surface area contributed by atoms with Crippen molar-refractivity contribution in [2.75, 3.05) is 13.6 Å². The zero-order valence-electron chi connectivity index (χ0n) is 10.5. The summed E-state index contributed by atoms with van der Waals surface area (Å²) in [7, 11) is 2.11. The summed E-state index contributed by atoms with van der Waals surface area (Å²) in [4.78, 5) is 7.08. The number of hydrogen-bond donors (Lipinski definition) is 0. The van der Waals surface area contributed by atoms with Gasteiger partial charge in [0.25, 0.3) is 0 Å². The zero-order chi connectivity index (χ0) is 12.4. The van der Waals surface area contributed by atoms with Crippen molar-refractivity contribution in [3.05, 3.63) is 71.8 Å². The van der Waals surface area contributed by atoms with Crippen molar-refractivity contribution in [1.29, 1.82) is 0 Å². The Kier molecular flexibility index (Phi) is 2.85. The van der Waals surface area contributed by atoms with Crippen molar-refractivity contribution in [2.45, 2.75) is 6.04 Å². The van der Waals surface area contributed by atoms with Crippen LogP contribution in [0.1, 0.15) is 17.2 Å². The molecule has 0 radical (unpaired) electrons. The Morgan fingerprint density at radius 3 is 2.22 bits per heavy atom. The number of rotatable bonds is 2. The second-order valence-electron chi connectivity index (χ2n) is 4.63. The average Bonchev–Trinajstić information content (AvgIpc) is 2.83. The highest BCUT2D eigenvalue weighted by Crippen LogP contribution is 2.25. The lowest BCUT2D eigenvalue weighted by Gasteiger charge is -2.14. The minimum absolute atomic E-state index is 0.256. The summed E-state index contributed by atoms with van der Waals surface area (Å²) in [6, 6.07) is 21.1. The number of nitrogens with zero attached hydrogens (tertiary/aromatic N) is 2. The highest BCUT2D eigenvalue weighted by atomic mass is 15.2. The Morgan fingerprint density at radius 2 is 1.56 bits per heavy atom. The molecule has 3 rings (SSSR count). The van der Waals surface area contributed by atoms with E-state index in [0.29, 0.717) is 0 Å². The molecule has 0 spiro atoms. The molecule has 1 aliphatic rings. The van der Waals surface area contributed by atoms with Crippen molar-refractivity contribution in [3.63, 3.8) is 0 Å². The summed E-state index contributed by atoms with van der Waals surface area (Å²) in [5.41, 5.74) is 2.48. The van der Waals surface area contributed by atoms with Gasteiger partial charge in [0.1, 0.15) is 5.84 Å². The Hall–Kier alpha value is -2.09. The molecule has 0 N–H and O–H groups in total. The first-order chi connectivity index (χ1) is 8.84. The molecule has 0 saturated carbocycles. The molecule has 2 nitrogen and oxygen atoms in total. The third-order valence-electron chi connectivity index (χ3n) is 3.30. The van der Waals surface area contributed by atoms with Crippen LogP contribution in [0.3, 0.4) is 0 Å². The highest BCUT2D eigenvalue weighted by Gasteiger charge is 2.23. The lowest BCUT2D eigenvalue weighted by molar-refractivity contribution is 0.507. The molecule has 1 heterocycles. The number of hydrogen-bond acceptors (Lipinski definition) is 2. The Bertz CT molecular complexity index is 546. The van der Waals surface area contributed by atoms with E-state index in [9.17, 15) is 0 Å². The van der Waals surface area contributed by atoms with Crippen LogP contribution in [0.15, 0.2) is 65.7 Å². The van der Waals surface area contributed by atoms with Crippen LogP contribution in [0.5, 0.6) is 0 Å². The van der Waals surface area contributed by atoms with Gasteiger partial charge in [0.15, 0.2) is 0 Å². The monoisotopic (exact) mass is 236 g/mol. The van der Waals surface area contributed by atoms with E-state index in [1.807, 2.05) is 12.1 Å². The fourth-order valence-corrected chi connectivity index (χ4v) is 2.37. The van der Waals surface area contributed by atoms with Gasteiger partial charge in [-0.2, -0.15) is 0 Å². The van der Waals surface area contributed by atoms with Gasteiger partial charge < -0.3 is 4.90 Å². The van der Waals surface area contributed by atoms with Crippen LogP contribution in [0.4, 0.5) is 0 Å². The molecule has 18 heavy (non-hydrogen) atoms. The quantitative estimate of drug-likeness (QED) is 0.782. The average molecular weight is 236 g/mol. The summed E-state index contributed by atoms with van der Waals surface area (Å²) >= 11 is 0. The van der Waals surface area contributed by atoms with Gasteiger partial charge in [-0.15, -0.1) is 0 Å². The molecule has 0 unspecified atom stereocenters. The predicted molar refractivity (Wildman–Crippen MR) is 74.8 cm³/mol. The van der Waals surface area contributed by atoms with E-state index in [0.717, 1.165) is 12.4 Å². The lowest BCUT2D eigenvalue weighted by Crippen LogP contribution is -2.23. The number of aliphatic imine (C=N–C) groups is 1. The molecule has 0 aliphatic carbocycles. The number of likely N-dealkylation sites (N-methyl/N-ethyl adjacent to an activating group) is 1. The molecular weight excluding hydrogens is 220 g/mol. The first-order valence-electron chi connectivity index (χ1n) is 6.24. The first-order valence-corrected chi connectivity index (χ1v) is 6.24. The molecule has 2 aromatic rings. The molecule has 0 amide bonds. The maximum absolute atomic E-state index is 4.85. The van der Waals surface area contributed by atoms with E-state index < -0.39 is 0 Å². The van der Waals surface area contributed by atoms with Gasteiger partial charge in [-0.1, -0.05) is 60.7 Å². The molecule has 90 valence electrons. The SMILES string of the molecule is CN1C[C@H](c2ccccc2)N=C1c1ccccc1. The maximum atomic E-state index is 4.85. The second kappa shape index (κ2) is 4.65. The number of benzene rings is 2. The topological polar surface area (TPSA) is 15.6 Å². The molecule has 1 atom stereocenters. The fourth-order valence-electron chi connectivity index (χ4n) is 2.37. The van der Waals surface area contributed by atoms with Crippen LogP contribution in [-0.2, 0) is 0 Å². The van der Waals surface area contributed by atoms with Crippen molar-refractivity contribution < 1.29 is 0 Å². The van der Waals surface area contributed by atoms with E-state index in [4.69, 9.17) is 4.99 Å². The summed E-state index contributed by atoms with van der Waals surface area (Å²) < 4.78 is 0. The summed E-state index contributed by atoms with van der Waals surface area (Å²) in [5.74, 6) is 1.09. The largest absolute Gasteiger partial charge is 0.357 e. The van der Waals surface area contributed by atoms with Crippen molar-refractivity contribution >= 4 is 5.84 Å². The summed E-state index contributed by atoms with van der Waals surface area (Å²) in [6.45, 7) is 0.953. The molecule has 1 aliphatic heterocycles. The minimum atomic E-state index is 0.256. The maximum Gasteiger partial charge on any atom is 0.131 e. The van der Waals surface area contributed by atoms with Crippen LogP contribution in [-0.4, -0.2) is 24.3 Å². The van der Waals surface area contributed by atoms with Crippen LogP contribution in [0.25, 0.3) is 0 Å². The molecular formula is C16H16N2. The van der Waals surface area contributed by atoms with E-state index >= 15 is 0 Å². The fraction of sp³-hybridized carbons (Fsp3) is 0.188. The minimum Gasteiger partial charge on any atom is -0.357 e. The molecule has 0 fully saturated rings. The second-order valence-corrected chi connectivity index (χ2v) is 4.63. The Morgan fingerprint density at radius 1 is 0.944 bits per heavy atom. The van der Waals surface area contributed by atoms with Gasteiger partial charge in [-0.05, 0) is 5.56 Å². The normalized spacial score (nSPS) is 18.8. The van der Waals surface area contributed by atoms with E-state index in [1.54, 1.807) is 0 Å². The predicted octanol–water partition coefficient (Wildman–Crippen LogP) is 3.12. The molecule has 0 saturated heterocycles. The number of amidine groups is 1. The smallest absolute Gasteiger partial charge is 0.131 e. The van der Waals surface area contributed by atoms with E-state index in [1.165, 1.54) is 11.1 Å². The van der Waals surface area contributed by atoms with Crippen molar-refractivity contribution in [1.82, 2.24) is 4.90 Å².